The van der Waals surface area contributed by atoms with Crippen molar-refractivity contribution in [3.8, 4) is 0 Å². The van der Waals surface area contributed by atoms with E-state index in [0.29, 0.717) is 6.42 Å². The molecule has 1 saturated carbocycles. The lowest BCUT2D eigenvalue weighted by Gasteiger charge is -2.45. The van der Waals surface area contributed by atoms with Gasteiger partial charge in [0.1, 0.15) is 12.2 Å². The van der Waals surface area contributed by atoms with Crippen molar-refractivity contribution in [1.29, 1.82) is 0 Å². The van der Waals surface area contributed by atoms with Crippen molar-refractivity contribution in [3.05, 3.63) is 48.1 Å². The maximum absolute atomic E-state index is 12.3. The second-order valence-electron chi connectivity index (χ2n) is 7.09. The van der Waals surface area contributed by atoms with E-state index in [9.17, 15) is 24.9 Å². The molecule has 0 spiro atoms. The first kappa shape index (κ1) is 21.1. The van der Waals surface area contributed by atoms with Crippen LogP contribution in [0.4, 0.5) is 0 Å². The Labute approximate surface area is 158 Å². The summed E-state index contributed by atoms with van der Waals surface area (Å²) in [5, 5.41) is 37.5. The highest BCUT2D eigenvalue weighted by Gasteiger charge is 2.46. The molecule has 0 saturated heterocycles. The van der Waals surface area contributed by atoms with Crippen LogP contribution < -0.4 is 0 Å². The van der Waals surface area contributed by atoms with Crippen LogP contribution in [0.25, 0.3) is 0 Å². The van der Waals surface area contributed by atoms with Gasteiger partial charge in [0.25, 0.3) is 0 Å². The molecule has 0 aromatic rings. The Hall–Kier alpha value is -2.22. The fourth-order valence-corrected chi connectivity index (χ4v) is 3.93. The minimum Gasteiger partial charge on any atom is -0.478 e. The van der Waals surface area contributed by atoms with E-state index in [4.69, 9.17) is 9.84 Å². The Morgan fingerprint density at radius 2 is 1.96 bits per heavy atom. The van der Waals surface area contributed by atoms with Crippen LogP contribution >= 0.6 is 0 Å². The minimum absolute atomic E-state index is 0.0163. The zero-order valence-corrected chi connectivity index (χ0v) is 15.1. The van der Waals surface area contributed by atoms with Crippen LogP contribution in [-0.2, 0) is 14.3 Å². The number of rotatable bonds is 7. The first-order chi connectivity index (χ1) is 12.7. The van der Waals surface area contributed by atoms with Gasteiger partial charge in [-0.3, -0.25) is 0 Å². The highest BCUT2D eigenvalue weighted by molar-refractivity contribution is 5.89. The Balaban J connectivity index is 2.35. The summed E-state index contributed by atoms with van der Waals surface area (Å²) >= 11 is 0. The largest absolute Gasteiger partial charge is 0.478 e. The number of fused-ring (bicyclic) bond motifs is 1. The molecule has 2 aliphatic rings. The van der Waals surface area contributed by atoms with Gasteiger partial charge in [0.2, 0.25) is 0 Å². The molecule has 0 amide bonds. The van der Waals surface area contributed by atoms with Crippen LogP contribution in [-0.4, -0.2) is 57.8 Å². The average Bonchev–Trinajstić information content (AvgIpc) is 2.65. The van der Waals surface area contributed by atoms with Crippen molar-refractivity contribution in [1.82, 2.24) is 0 Å². The lowest BCUT2D eigenvalue weighted by molar-refractivity contribution is -0.151. The van der Waals surface area contributed by atoms with E-state index in [1.165, 1.54) is 0 Å². The molecule has 0 heterocycles. The Morgan fingerprint density at radius 1 is 1.30 bits per heavy atom. The molecule has 4 N–H and O–H groups in total. The highest BCUT2D eigenvalue weighted by Crippen LogP contribution is 2.48. The van der Waals surface area contributed by atoms with Gasteiger partial charge in [-0.05, 0) is 30.3 Å². The van der Waals surface area contributed by atoms with Crippen LogP contribution in [0, 0.1) is 17.8 Å². The SMILES string of the molecule is C=C(C(=O)OC1CC(=C)C2CCC(CO)=CC2C1C(=C)C(=O)O)C(O)CO. The number of carboxylic acid groups (broad SMARTS) is 1. The van der Waals surface area contributed by atoms with E-state index in [-0.39, 0.29) is 36.0 Å². The van der Waals surface area contributed by atoms with Gasteiger partial charge in [-0.15, -0.1) is 0 Å². The number of allylic oxidation sites excluding steroid dienone is 1. The highest BCUT2D eigenvalue weighted by atomic mass is 16.5. The van der Waals surface area contributed by atoms with Crippen molar-refractivity contribution in [3.63, 3.8) is 0 Å². The number of esters is 1. The Bertz CT molecular complexity index is 690. The van der Waals surface area contributed by atoms with Crippen LogP contribution in [0.3, 0.4) is 0 Å². The van der Waals surface area contributed by atoms with E-state index < -0.39 is 36.7 Å². The third-order valence-electron chi connectivity index (χ3n) is 5.45. The number of carboxylic acids is 1. The molecule has 0 aromatic heterocycles. The second-order valence-corrected chi connectivity index (χ2v) is 7.09. The number of hydrogen-bond donors (Lipinski definition) is 4. The zero-order chi connectivity index (χ0) is 20.3. The zero-order valence-electron chi connectivity index (χ0n) is 15.1. The van der Waals surface area contributed by atoms with Crippen molar-refractivity contribution in [2.45, 2.75) is 31.5 Å². The van der Waals surface area contributed by atoms with E-state index in [1.807, 2.05) is 6.08 Å². The first-order valence-corrected chi connectivity index (χ1v) is 8.80. The first-order valence-electron chi connectivity index (χ1n) is 8.80. The monoisotopic (exact) mass is 378 g/mol. The van der Waals surface area contributed by atoms with E-state index >= 15 is 0 Å². The quantitative estimate of drug-likeness (QED) is 0.296. The van der Waals surface area contributed by atoms with Gasteiger partial charge in [-0.2, -0.15) is 0 Å². The summed E-state index contributed by atoms with van der Waals surface area (Å²) in [6.07, 6.45) is 1.26. The van der Waals surface area contributed by atoms with E-state index in [1.54, 1.807) is 0 Å². The summed E-state index contributed by atoms with van der Waals surface area (Å²) in [7, 11) is 0. The summed E-state index contributed by atoms with van der Waals surface area (Å²) in [5.41, 5.74) is 1.26. The van der Waals surface area contributed by atoms with Gasteiger partial charge >= 0.3 is 11.9 Å². The molecule has 0 aliphatic heterocycles. The molecular weight excluding hydrogens is 352 g/mol. The number of ether oxygens (including phenoxy) is 1. The molecule has 148 valence electrons. The van der Waals surface area contributed by atoms with Crippen molar-refractivity contribution >= 4 is 11.9 Å². The predicted octanol–water partition coefficient (Wildman–Crippen LogP) is 0.969. The maximum atomic E-state index is 12.3. The molecule has 1 fully saturated rings. The fraction of sp³-hybridized carbons (Fsp3) is 0.500. The molecule has 0 bridgehead atoms. The van der Waals surface area contributed by atoms with Gasteiger partial charge in [0.05, 0.1) is 18.8 Å². The molecule has 7 heteroatoms. The standard InChI is InChI=1S/C20H26O7/c1-10-6-17(27-20(26)11(2)16(23)9-22)18(12(3)19(24)25)15-7-13(8-21)4-5-14(10)15/h7,14-18,21-23H,1-6,8-9H2,(H,24,25). The number of aliphatic hydroxyl groups is 3. The number of carbonyl (C=O) groups is 2. The number of aliphatic hydroxyl groups excluding tert-OH is 3. The number of carbonyl (C=O) groups excluding carboxylic acids is 1. The third kappa shape index (κ3) is 4.37. The van der Waals surface area contributed by atoms with Gasteiger partial charge in [0.15, 0.2) is 0 Å². The Kier molecular flexibility index (Phi) is 6.75. The molecule has 2 rings (SSSR count). The Morgan fingerprint density at radius 3 is 2.52 bits per heavy atom. The minimum atomic E-state index is -1.45. The maximum Gasteiger partial charge on any atom is 0.336 e. The van der Waals surface area contributed by atoms with Gasteiger partial charge in [0, 0.05) is 17.9 Å². The number of hydrogen-bond acceptors (Lipinski definition) is 6. The summed E-state index contributed by atoms with van der Waals surface area (Å²) in [4.78, 5) is 23.9. The predicted molar refractivity (Wildman–Crippen MR) is 97.5 cm³/mol. The van der Waals surface area contributed by atoms with Crippen LogP contribution in [0.1, 0.15) is 19.3 Å². The topological polar surface area (TPSA) is 124 Å². The van der Waals surface area contributed by atoms with Crippen molar-refractivity contribution in [2.75, 3.05) is 13.2 Å². The van der Waals surface area contributed by atoms with Crippen LogP contribution in [0.15, 0.2) is 48.1 Å². The normalized spacial score (nSPS) is 28.6. The molecule has 5 unspecified atom stereocenters. The molecule has 5 atom stereocenters. The molecule has 7 nitrogen and oxygen atoms in total. The van der Waals surface area contributed by atoms with Gasteiger partial charge < -0.3 is 25.2 Å². The van der Waals surface area contributed by atoms with E-state index in [0.717, 1.165) is 17.6 Å². The van der Waals surface area contributed by atoms with Crippen LogP contribution in [0.5, 0.6) is 0 Å². The van der Waals surface area contributed by atoms with Crippen molar-refractivity contribution in [2.24, 2.45) is 17.8 Å². The van der Waals surface area contributed by atoms with Gasteiger partial charge in [-0.1, -0.05) is 31.4 Å². The van der Waals surface area contributed by atoms with Gasteiger partial charge in [-0.25, -0.2) is 9.59 Å². The molecule has 2 aliphatic carbocycles. The third-order valence-corrected chi connectivity index (χ3v) is 5.45. The molecule has 0 radical (unpaired) electrons. The lowest BCUT2D eigenvalue weighted by Crippen LogP contribution is -2.44. The lowest BCUT2D eigenvalue weighted by atomic mass is 9.62. The summed E-state index contributed by atoms with van der Waals surface area (Å²) in [6.45, 7) is 10.4. The summed E-state index contributed by atoms with van der Waals surface area (Å²) in [6, 6.07) is 0. The summed E-state index contributed by atoms with van der Waals surface area (Å²) in [5.74, 6) is -3.07. The van der Waals surface area contributed by atoms with Crippen LogP contribution in [0.2, 0.25) is 0 Å². The van der Waals surface area contributed by atoms with E-state index in [2.05, 4.69) is 19.7 Å². The molecular formula is C20H26O7. The molecule has 27 heavy (non-hydrogen) atoms. The second kappa shape index (κ2) is 8.65. The number of aliphatic carboxylic acids is 1. The fourth-order valence-electron chi connectivity index (χ4n) is 3.93. The van der Waals surface area contributed by atoms with Crippen molar-refractivity contribution < 1.29 is 34.8 Å². The smallest absolute Gasteiger partial charge is 0.336 e. The average molecular weight is 378 g/mol. The summed E-state index contributed by atoms with van der Waals surface area (Å²) < 4.78 is 5.46. The molecule has 0 aromatic carbocycles.